The van der Waals surface area contributed by atoms with Gasteiger partial charge in [0.2, 0.25) is 0 Å². The number of aromatic nitrogens is 1. The van der Waals surface area contributed by atoms with Crippen molar-refractivity contribution in [2.45, 2.75) is 25.9 Å². The molecule has 2 atom stereocenters. The van der Waals surface area contributed by atoms with Crippen molar-refractivity contribution in [3.63, 3.8) is 0 Å². The van der Waals surface area contributed by atoms with Crippen molar-refractivity contribution >= 4 is 5.91 Å². The second-order valence-corrected chi connectivity index (χ2v) is 6.48. The van der Waals surface area contributed by atoms with E-state index in [2.05, 4.69) is 29.2 Å². The van der Waals surface area contributed by atoms with Gasteiger partial charge in [-0.05, 0) is 43.0 Å². The number of amides is 1. The molecule has 0 spiro atoms. The Morgan fingerprint density at radius 3 is 2.79 bits per heavy atom. The molecular formula is C20H24N2O2. The Labute approximate surface area is 143 Å². The molecule has 0 saturated carbocycles. The predicted molar refractivity (Wildman–Crippen MR) is 93.9 cm³/mol. The fourth-order valence-corrected chi connectivity index (χ4v) is 3.43. The summed E-state index contributed by atoms with van der Waals surface area (Å²) >= 11 is 0. The molecule has 0 unspecified atom stereocenters. The number of piperidine rings is 1. The highest BCUT2D eigenvalue weighted by molar-refractivity contribution is 5.92. The number of carbonyl (C=O) groups is 1. The molecule has 4 nitrogen and oxygen atoms in total. The monoisotopic (exact) mass is 324 g/mol. The van der Waals surface area contributed by atoms with Gasteiger partial charge in [-0.3, -0.25) is 9.78 Å². The molecule has 2 heterocycles. The molecule has 1 aromatic heterocycles. The summed E-state index contributed by atoms with van der Waals surface area (Å²) in [7, 11) is 1.77. The zero-order chi connectivity index (χ0) is 16.9. The highest BCUT2D eigenvalue weighted by Gasteiger charge is 2.32. The minimum Gasteiger partial charge on any atom is -0.381 e. The first kappa shape index (κ1) is 16.7. The van der Waals surface area contributed by atoms with Crippen molar-refractivity contribution in [2.75, 3.05) is 20.2 Å². The second-order valence-electron chi connectivity index (χ2n) is 6.48. The van der Waals surface area contributed by atoms with Crippen LogP contribution in [0.5, 0.6) is 0 Å². The van der Waals surface area contributed by atoms with Crippen molar-refractivity contribution in [1.82, 2.24) is 9.88 Å². The number of pyridine rings is 1. The number of aryl methyl sites for hydroxylation is 1. The lowest BCUT2D eigenvalue weighted by molar-refractivity contribution is -0.00317. The Kier molecular flexibility index (Phi) is 5.26. The van der Waals surface area contributed by atoms with E-state index in [1.807, 2.05) is 30.0 Å². The van der Waals surface area contributed by atoms with Crippen LogP contribution in [0.4, 0.5) is 0 Å². The van der Waals surface area contributed by atoms with Crippen molar-refractivity contribution in [1.29, 1.82) is 0 Å². The number of ether oxygens (including phenoxy) is 1. The molecule has 1 saturated heterocycles. The normalized spacial score (nSPS) is 20.8. The molecule has 3 rings (SSSR count). The summed E-state index contributed by atoms with van der Waals surface area (Å²) in [5, 5.41) is 0. The summed E-state index contributed by atoms with van der Waals surface area (Å²) in [4.78, 5) is 18.9. The molecule has 1 aliphatic heterocycles. The van der Waals surface area contributed by atoms with Crippen LogP contribution in [0.3, 0.4) is 0 Å². The Morgan fingerprint density at radius 2 is 2.08 bits per heavy atom. The van der Waals surface area contributed by atoms with E-state index in [9.17, 15) is 4.79 Å². The van der Waals surface area contributed by atoms with Crippen LogP contribution in [0.15, 0.2) is 48.7 Å². The van der Waals surface area contributed by atoms with Crippen LogP contribution in [-0.4, -0.2) is 42.1 Å². The minimum atomic E-state index is 0.0197. The van der Waals surface area contributed by atoms with E-state index in [0.717, 1.165) is 24.9 Å². The number of nitrogens with zero attached hydrogens (tertiary/aromatic N) is 2. The highest BCUT2D eigenvalue weighted by Crippen LogP contribution is 2.24. The van der Waals surface area contributed by atoms with Gasteiger partial charge in [-0.2, -0.15) is 0 Å². The van der Waals surface area contributed by atoms with E-state index in [4.69, 9.17) is 4.74 Å². The maximum atomic E-state index is 12.8. The Balaban J connectivity index is 1.73. The third-order valence-electron chi connectivity index (χ3n) is 4.73. The average molecular weight is 324 g/mol. The maximum absolute atomic E-state index is 12.8. The Morgan fingerprint density at radius 1 is 1.29 bits per heavy atom. The summed E-state index contributed by atoms with van der Waals surface area (Å²) in [6, 6.07) is 14.2. The fourth-order valence-electron chi connectivity index (χ4n) is 3.43. The van der Waals surface area contributed by atoms with E-state index in [0.29, 0.717) is 18.2 Å². The summed E-state index contributed by atoms with van der Waals surface area (Å²) in [5.74, 6) is 0.325. The van der Waals surface area contributed by atoms with Gasteiger partial charge < -0.3 is 9.64 Å². The van der Waals surface area contributed by atoms with E-state index in [-0.39, 0.29) is 12.0 Å². The molecule has 2 aromatic rings. The molecule has 126 valence electrons. The number of hydrogen-bond acceptors (Lipinski definition) is 3. The van der Waals surface area contributed by atoms with Gasteiger partial charge in [-0.15, -0.1) is 0 Å². The lowest BCUT2D eigenvalue weighted by Gasteiger charge is -2.38. The van der Waals surface area contributed by atoms with Gasteiger partial charge in [0, 0.05) is 32.3 Å². The van der Waals surface area contributed by atoms with Gasteiger partial charge in [0.05, 0.1) is 6.10 Å². The topological polar surface area (TPSA) is 42.4 Å². The molecule has 1 fully saturated rings. The molecule has 0 N–H and O–H groups in total. The Hall–Kier alpha value is -2.20. The van der Waals surface area contributed by atoms with Gasteiger partial charge in [0.1, 0.15) is 5.69 Å². The summed E-state index contributed by atoms with van der Waals surface area (Å²) < 4.78 is 5.68. The predicted octanol–water partition coefficient (Wildman–Crippen LogP) is 3.11. The fraction of sp³-hybridized carbons (Fsp3) is 0.400. The zero-order valence-corrected chi connectivity index (χ0v) is 14.3. The molecule has 1 amide bonds. The number of benzene rings is 1. The van der Waals surface area contributed by atoms with E-state index in [1.165, 1.54) is 5.56 Å². The van der Waals surface area contributed by atoms with Crippen LogP contribution >= 0.6 is 0 Å². The van der Waals surface area contributed by atoms with Gasteiger partial charge >= 0.3 is 0 Å². The van der Waals surface area contributed by atoms with Crippen LogP contribution in [0.2, 0.25) is 0 Å². The molecule has 1 aliphatic rings. The molecule has 0 radical (unpaired) electrons. The van der Waals surface area contributed by atoms with Gasteiger partial charge in [-0.1, -0.05) is 30.3 Å². The van der Waals surface area contributed by atoms with Crippen LogP contribution in [0.25, 0.3) is 0 Å². The standard InChI is InChI=1S/C20H24N2O2/c1-15-8-10-21-18(12-15)20(23)22-11-9-19(24-2)17(14-22)13-16-6-4-3-5-7-16/h3-8,10,12,17,19H,9,11,13-14H2,1-2H3/t17-,19-/m0/s1. The van der Waals surface area contributed by atoms with E-state index < -0.39 is 0 Å². The first-order valence-electron chi connectivity index (χ1n) is 8.46. The van der Waals surface area contributed by atoms with E-state index in [1.54, 1.807) is 13.3 Å². The van der Waals surface area contributed by atoms with Gasteiger partial charge in [0.15, 0.2) is 0 Å². The first-order chi connectivity index (χ1) is 11.7. The highest BCUT2D eigenvalue weighted by atomic mass is 16.5. The maximum Gasteiger partial charge on any atom is 0.272 e. The molecular weight excluding hydrogens is 300 g/mol. The second kappa shape index (κ2) is 7.58. The van der Waals surface area contributed by atoms with Crippen LogP contribution in [0.1, 0.15) is 28.0 Å². The number of likely N-dealkylation sites (tertiary alicyclic amines) is 1. The lowest BCUT2D eigenvalue weighted by atomic mass is 9.88. The van der Waals surface area contributed by atoms with Crippen LogP contribution in [0, 0.1) is 12.8 Å². The zero-order valence-electron chi connectivity index (χ0n) is 14.3. The quantitative estimate of drug-likeness (QED) is 0.868. The first-order valence-corrected chi connectivity index (χ1v) is 8.46. The van der Waals surface area contributed by atoms with E-state index >= 15 is 0 Å². The van der Waals surface area contributed by atoms with Crippen molar-refractivity contribution in [3.05, 3.63) is 65.5 Å². The average Bonchev–Trinajstić information content (AvgIpc) is 2.62. The number of carbonyl (C=O) groups excluding carboxylic acids is 1. The lowest BCUT2D eigenvalue weighted by Crippen LogP contribution is -2.47. The third kappa shape index (κ3) is 3.82. The number of hydrogen-bond donors (Lipinski definition) is 0. The number of methoxy groups -OCH3 is 1. The van der Waals surface area contributed by atoms with Gasteiger partial charge in [0.25, 0.3) is 5.91 Å². The third-order valence-corrected chi connectivity index (χ3v) is 4.73. The summed E-state index contributed by atoms with van der Waals surface area (Å²) in [5.41, 5.74) is 2.87. The van der Waals surface area contributed by atoms with Crippen molar-refractivity contribution in [2.24, 2.45) is 5.92 Å². The van der Waals surface area contributed by atoms with Crippen molar-refractivity contribution < 1.29 is 9.53 Å². The number of rotatable bonds is 4. The SMILES string of the molecule is CO[C@H]1CCN(C(=O)c2cc(C)ccn2)C[C@@H]1Cc1ccccc1. The molecule has 24 heavy (non-hydrogen) atoms. The Bertz CT molecular complexity index is 687. The molecule has 0 bridgehead atoms. The molecule has 4 heteroatoms. The minimum absolute atomic E-state index is 0.0197. The largest absolute Gasteiger partial charge is 0.381 e. The summed E-state index contributed by atoms with van der Waals surface area (Å²) in [6.07, 6.45) is 3.68. The van der Waals surface area contributed by atoms with Crippen molar-refractivity contribution in [3.8, 4) is 0 Å². The summed E-state index contributed by atoms with van der Waals surface area (Å²) in [6.45, 7) is 3.41. The van der Waals surface area contributed by atoms with Gasteiger partial charge in [-0.25, -0.2) is 0 Å². The van der Waals surface area contributed by atoms with Crippen LogP contribution < -0.4 is 0 Å². The van der Waals surface area contributed by atoms with Crippen LogP contribution in [-0.2, 0) is 11.2 Å². The molecule has 0 aliphatic carbocycles. The smallest absolute Gasteiger partial charge is 0.272 e. The molecule has 1 aromatic carbocycles.